The van der Waals surface area contributed by atoms with Gasteiger partial charge in [-0.15, -0.1) is 0 Å². The van der Waals surface area contributed by atoms with Crippen molar-refractivity contribution in [2.45, 2.75) is 39.2 Å². The number of carbonyl (C=O) groups excluding carboxylic acids is 1. The number of unbranched alkanes of at least 4 members (excludes halogenated alkanes) is 1. The van der Waals surface area contributed by atoms with Crippen LogP contribution in [0.25, 0.3) is 0 Å². The number of benzene rings is 2. The smallest absolute Gasteiger partial charge is 0.220 e. The maximum atomic E-state index is 12.1. The Morgan fingerprint density at radius 2 is 1.77 bits per heavy atom. The molecule has 0 spiro atoms. The SMILES string of the molecule is COc1cc(CNC(=O)CCCCc2ccc(C)cc2)cc(Br)c1OC. The fraction of sp³-hybridized carbons (Fsp3) is 0.381. The normalized spacial score (nSPS) is 10.5. The van der Waals surface area contributed by atoms with Gasteiger partial charge in [0.2, 0.25) is 5.91 Å². The van der Waals surface area contributed by atoms with Gasteiger partial charge in [0, 0.05) is 13.0 Å². The molecule has 0 aromatic heterocycles. The molecule has 0 aliphatic heterocycles. The van der Waals surface area contributed by atoms with Gasteiger partial charge < -0.3 is 14.8 Å². The van der Waals surface area contributed by atoms with Crippen molar-refractivity contribution < 1.29 is 14.3 Å². The molecule has 0 saturated carbocycles. The highest BCUT2D eigenvalue weighted by Gasteiger charge is 2.11. The van der Waals surface area contributed by atoms with Crippen LogP contribution in [0.5, 0.6) is 11.5 Å². The number of hydrogen-bond acceptors (Lipinski definition) is 3. The van der Waals surface area contributed by atoms with E-state index in [9.17, 15) is 4.79 Å². The van der Waals surface area contributed by atoms with Crippen molar-refractivity contribution in [3.8, 4) is 11.5 Å². The minimum absolute atomic E-state index is 0.0693. The molecule has 0 aliphatic rings. The van der Waals surface area contributed by atoms with E-state index in [1.807, 2.05) is 12.1 Å². The van der Waals surface area contributed by atoms with Gasteiger partial charge in [-0.2, -0.15) is 0 Å². The molecule has 2 aromatic rings. The predicted octanol–water partition coefficient (Wildman–Crippen LogP) is 4.80. The molecule has 1 N–H and O–H groups in total. The lowest BCUT2D eigenvalue weighted by molar-refractivity contribution is -0.121. The number of nitrogens with one attached hydrogen (secondary N) is 1. The summed E-state index contributed by atoms with van der Waals surface area (Å²) in [6.45, 7) is 2.56. The van der Waals surface area contributed by atoms with E-state index in [1.54, 1.807) is 14.2 Å². The third kappa shape index (κ3) is 6.06. The molecule has 5 heteroatoms. The quantitative estimate of drug-likeness (QED) is 0.593. The van der Waals surface area contributed by atoms with Crippen LogP contribution < -0.4 is 14.8 Å². The zero-order chi connectivity index (χ0) is 18.9. The Morgan fingerprint density at radius 3 is 2.42 bits per heavy atom. The van der Waals surface area contributed by atoms with Gasteiger partial charge in [0.25, 0.3) is 0 Å². The first-order chi connectivity index (χ1) is 12.5. The van der Waals surface area contributed by atoms with Crippen LogP contribution in [0.4, 0.5) is 0 Å². The summed E-state index contributed by atoms with van der Waals surface area (Å²) in [5, 5.41) is 2.96. The Morgan fingerprint density at radius 1 is 1.04 bits per heavy atom. The predicted molar refractivity (Wildman–Crippen MR) is 108 cm³/mol. The highest BCUT2D eigenvalue weighted by molar-refractivity contribution is 9.10. The summed E-state index contributed by atoms with van der Waals surface area (Å²) in [6, 6.07) is 12.4. The van der Waals surface area contributed by atoms with Gasteiger partial charge in [0.05, 0.1) is 18.7 Å². The minimum Gasteiger partial charge on any atom is -0.493 e. The molecule has 0 saturated heterocycles. The van der Waals surface area contributed by atoms with Crippen LogP contribution in [0.1, 0.15) is 36.0 Å². The van der Waals surface area contributed by atoms with Gasteiger partial charge in [-0.25, -0.2) is 0 Å². The summed E-state index contributed by atoms with van der Waals surface area (Å²) in [7, 11) is 3.20. The Balaban J connectivity index is 1.74. The number of hydrogen-bond donors (Lipinski definition) is 1. The van der Waals surface area contributed by atoms with Crippen molar-refractivity contribution >= 4 is 21.8 Å². The standard InChI is InChI=1S/C21H26BrNO3/c1-15-8-10-16(11-9-15)6-4-5-7-20(24)23-14-17-12-18(22)21(26-3)19(13-17)25-2/h8-13H,4-7,14H2,1-3H3,(H,23,24). The first-order valence-electron chi connectivity index (χ1n) is 8.76. The Hall–Kier alpha value is -2.01. The monoisotopic (exact) mass is 419 g/mol. The van der Waals surface area contributed by atoms with E-state index in [4.69, 9.17) is 9.47 Å². The fourth-order valence-electron chi connectivity index (χ4n) is 2.73. The zero-order valence-electron chi connectivity index (χ0n) is 15.6. The summed E-state index contributed by atoms with van der Waals surface area (Å²) >= 11 is 3.47. The first kappa shape index (κ1) is 20.3. The second-order valence-electron chi connectivity index (χ2n) is 6.28. The average Bonchev–Trinajstić information content (AvgIpc) is 2.64. The van der Waals surface area contributed by atoms with Crippen molar-refractivity contribution in [2.24, 2.45) is 0 Å². The van der Waals surface area contributed by atoms with Crippen LogP contribution in [0, 0.1) is 6.92 Å². The summed E-state index contributed by atoms with van der Waals surface area (Å²) < 4.78 is 11.4. The largest absolute Gasteiger partial charge is 0.493 e. The minimum atomic E-state index is 0.0693. The topological polar surface area (TPSA) is 47.6 Å². The number of amides is 1. The average molecular weight is 420 g/mol. The van der Waals surface area contributed by atoms with E-state index in [1.165, 1.54) is 11.1 Å². The molecule has 140 valence electrons. The summed E-state index contributed by atoms with van der Waals surface area (Å²) in [5.74, 6) is 1.36. The third-order valence-electron chi connectivity index (χ3n) is 4.22. The van der Waals surface area contributed by atoms with E-state index in [2.05, 4.69) is 52.4 Å². The van der Waals surface area contributed by atoms with E-state index < -0.39 is 0 Å². The summed E-state index contributed by atoms with van der Waals surface area (Å²) in [6.07, 6.45) is 3.45. The van der Waals surface area contributed by atoms with Crippen molar-refractivity contribution in [1.29, 1.82) is 0 Å². The summed E-state index contributed by atoms with van der Waals surface area (Å²) in [5.41, 5.74) is 3.56. The van der Waals surface area contributed by atoms with Gasteiger partial charge in [0.15, 0.2) is 11.5 Å². The van der Waals surface area contributed by atoms with Crippen LogP contribution >= 0.6 is 15.9 Å². The van der Waals surface area contributed by atoms with Crippen molar-refractivity contribution in [3.05, 3.63) is 57.6 Å². The highest BCUT2D eigenvalue weighted by Crippen LogP contribution is 2.36. The molecular weight excluding hydrogens is 394 g/mol. The number of ether oxygens (including phenoxy) is 2. The van der Waals surface area contributed by atoms with Crippen LogP contribution in [0.3, 0.4) is 0 Å². The molecule has 0 radical (unpaired) electrons. The first-order valence-corrected chi connectivity index (χ1v) is 9.55. The molecule has 0 atom stereocenters. The van der Waals surface area contributed by atoms with Gasteiger partial charge in [-0.1, -0.05) is 29.8 Å². The van der Waals surface area contributed by atoms with Crippen molar-refractivity contribution in [2.75, 3.05) is 14.2 Å². The lowest BCUT2D eigenvalue weighted by atomic mass is 10.1. The molecule has 0 unspecified atom stereocenters. The lowest BCUT2D eigenvalue weighted by Gasteiger charge is -2.12. The molecule has 2 rings (SSSR count). The number of halogens is 1. The molecule has 0 bridgehead atoms. The van der Waals surface area contributed by atoms with E-state index in [0.717, 1.165) is 29.3 Å². The number of methoxy groups -OCH3 is 2. The lowest BCUT2D eigenvalue weighted by Crippen LogP contribution is -2.22. The molecule has 0 heterocycles. The molecule has 26 heavy (non-hydrogen) atoms. The van der Waals surface area contributed by atoms with Gasteiger partial charge in [0.1, 0.15) is 0 Å². The van der Waals surface area contributed by atoms with Crippen LogP contribution in [-0.2, 0) is 17.8 Å². The van der Waals surface area contributed by atoms with Gasteiger partial charge in [-0.05, 0) is 65.4 Å². The molecule has 0 fully saturated rings. The second-order valence-corrected chi connectivity index (χ2v) is 7.14. The maximum absolute atomic E-state index is 12.1. The Kier molecular flexibility index (Phi) is 7.98. The molecule has 0 aliphatic carbocycles. The van der Waals surface area contributed by atoms with E-state index >= 15 is 0 Å². The maximum Gasteiger partial charge on any atom is 0.220 e. The second kappa shape index (κ2) is 10.2. The van der Waals surface area contributed by atoms with E-state index in [0.29, 0.717) is 24.5 Å². The molecule has 4 nitrogen and oxygen atoms in total. The number of rotatable bonds is 9. The molecule has 1 amide bonds. The highest BCUT2D eigenvalue weighted by atomic mass is 79.9. The van der Waals surface area contributed by atoms with Gasteiger partial charge in [-0.3, -0.25) is 4.79 Å². The Bertz CT molecular complexity index is 729. The van der Waals surface area contributed by atoms with Crippen molar-refractivity contribution in [3.63, 3.8) is 0 Å². The summed E-state index contributed by atoms with van der Waals surface area (Å²) in [4.78, 5) is 12.1. The number of aryl methyl sites for hydroxylation is 2. The molecular formula is C21H26BrNO3. The Labute approximate surface area is 164 Å². The van der Waals surface area contributed by atoms with E-state index in [-0.39, 0.29) is 5.91 Å². The third-order valence-corrected chi connectivity index (χ3v) is 4.81. The van der Waals surface area contributed by atoms with Gasteiger partial charge >= 0.3 is 0 Å². The van der Waals surface area contributed by atoms with Crippen LogP contribution in [0.2, 0.25) is 0 Å². The zero-order valence-corrected chi connectivity index (χ0v) is 17.2. The fourth-order valence-corrected chi connectivity index (χ4v) is 3.38. The van der Waals surface area contributed by atoms with Crippen LogP contribution in [-0.4, -0.2) is 20.1 Å². The van der Waals surface area contributed by atoms with Crippen LogP contribution in [0.15, 0.2) is 40.9 Å². The van der Waals surface area contributed by atoms with Crippen molar-refractivity contribution in [1.82, 2.24) is 5.32 Å². The molecule has 2 aromatic carbocycles. The number of carbonyl (C=O) groups is 1.